The van der Waals surface area contributed by atoms with Crippen molar-refractivity contribution in [1.82, 2.24) is 14.4 Å². The molecule has 3 aliphatic heterocycles. The van der Waals surface area contributed by atoms with E-state index in [1.54, 1.807) is 16.8 Å². The van der Waals surface area contributed by atoms with Crippen molar-refractivity contribution in [3.8, 4) is 0 Å². The van der Waals surface area contributed by atoms with Crippen molar-refractivity contribution in [1.29, 1.82) is 0 Å². The first kappa shape index (κ1) is 18.8. The van der Waals surface area contributed by atoms with E-state index in [9.17, 15) is 9.59 Å². The Morgan fingerprint density at radius 2 is 2.11 bits per heavy atom. The molecule has 3 fully saturated rings. The predicted molar refractivity (Wildman–Crippen MR) is 103 cm³/mol. The second kappa shape index (κ2) is 7.47. The van der Waals surface area contributed by atoms with Gasteiger partial charge < -0.3 is 19.1 Å². The maximum absolute atomic E-state index is 12.8. The smallest absolute Gasteiger partial charge is 0.270 e. The molecule has 4 rings (SSSR count). The molecule has 0 aromatic carbocycles. The first-order chi connectivity index (χ1) is 13.0. The van der Waals surface area contributed by atoms with Crippen LogP contribution < -0.4 is 0 Å². The predicted octanol–water partition coefficient (Wildman–Crippen LogP) is 2.70. The van der Waals surface area contributed by atoms with E-state index in [0.29, 0.717) is 17.1 Å². The highest BCUT2D eigenvalue weighted by molar-refractivity contribution is 6.31. The van der Waals surface area contributed by atoms with Crippen molar-refractivity contribution in [2.45, 2.75) is 44.6 Å². The second-order valence-electron chi connectivity index (χ2n) is 8.36. The summed E-state index contributed by atoms with van der Waals surface area (Å²) in [5.41, 5.74) is 0.782. The topological polar surface area (TPSA) is 54.8 Å². The summed E-state index contributed by atoms with van der Waals surface area (Å²) in [6.07, 6.45) is 7.57. The third kappa shape index (κ3) is 3.87. The zero-order valence-corrected chi connectivity index (χ0v) is 16.7. The number of carbonyl (C=O) groups is 2. The fraction of sp³-hybridized carbons (Fsp3) is 0.700. The molecule has 1 spiro atoms. The highest BCUT2D eigenvalue weighted by Crippen LogP contribution is 2.40. The van der Waals surface area contributed by atoms with Gasteiger partial charge in [-0.3, -0.25) is 9.59 Å². The fourth-order valence-corrected chi connectivity index (χ4v) is 5.04. The van der Waals surface area contributed by atoms with Crippen molar-refractivity contribution in [3.63, 3.8) is 0 Å². The highest BCUT2D eigenvalue weighted by Gasteiger charge is 2.42. The Balaban J connectivity index is 1.37. The number of nitrogens with zero attached hydrogens (tertiary/aromatic N) is 3. The van der Waals surface area contributed by atoms with Gasteiger partial charge in [0.1, 0.15) is 5.69 Å². The third-order valence-corrected chi connectivity index (χ3v) is 6.70. The number of likely N-dealkylation sites (tertiary alicyclic amines) is 2. The highest BCUT2D eigenvalue weighted by atomic mass is 35.5. The van der Waals surface area contributed by atoms with E-state index in [1.165, 1.54) is 0 Å². The summed E-state index contributed by atoms with van der Waals surface area (Å²) in [7, 11) is 1.85. The molecule has 1 aromatic rings. The number of aromatic nitrogens is 1. The summed E-state index contributed by atoms with van der Waals surface area (Å²) in [5.74, 6) is 0.301. The van der Waals surface area contributed by atoms with E-state index in [4.69, 9.17) is 16.3 Å². The van der Waals surface area contributed by atoms with E-state index >= 15 is 0 Å². The molecule has 0 saturated carbocycles. The Labute approximate surface area is 165 Å². The summed E-state index contributed by atoms with van der Waals surface area (Å²) in [5, 5.41) is 0.588. The lowest BCUT2D eigenvalue weighted by molar-refractivity contribution is -0.141. The molecule has 3 saturated heterocycles. The van der Waals surface area contributed by atoms with Crippen LogP contribution in [0.15, 0.2) is 12.3 Å². The lowest BCUT2D eigenvalue weighted by atomic mass is 9.72. The minimum Gasteiger partial charge on any atom is -0.376 e. The molecular weight excluding hydrogens is 366 g/mol. The van der Waals surface area contributed by atoms with E-state index in [2.05, 4.69) is 0 Å². The third-order valence-electron chi connectivity index (χ3n) is 6.50. The van der Waals surface area contributed by atoms with Crippen molar-refractivity contribution in [2.24, 2.45) is 12.5 Å². The van der Waals surface area contributed by atoms with Gasteiger partial charge in [0.2, 0.25) is 5.91 Å². The van der Waals surface area contributed by atoms with Gasteiger partial charge in [0.25, 0.3) is 5.91 Å². The second-order valence-corrected chi connectivity index (χ2v) is 8.79. The Morgan fingerprint density at radius 1 is 1.33 bits per heavy atom. The van der Waals surface area contributed by atoms with Crippen molar-refractivity contribution in [3.05, 3.63) is 23.0 Å². The number of rotatable bonds is 3. The Bertz CT molecular complexity index is 718. The van der Waals surface area contributed by atoms with Gasteiger partial charge in [0.05, 0.1) is 11.1 Å². The van der Waals surface area contributed by atoms with Gasteiger partial charge in [0, 0.05) is 52.5 Å². The van der Waals surface area contributed by atoms with E-state index < -0.39 is 0 Å². The number of hydrogen-bond donors (Lipinski definition) is 0. The molecule has 0 radical (unpaired) electrons. The number of halogens is 1. The number of piperidine rings is 2. The van der Waals surface area contributed by atoms with Crippen LogP contribution >= 0.6 is 11.6 Å². The van der Waals surface area contributed by atoms with Crippen LogP contribution in [0, 0.1) is 5.41 Å². The standard InChI is InChI=1S/C20H28ClN3O3/c1-22-12-15(21)11-17(22)19(26)23-8-6-20(7-9-23)5-4-18(25)24(14-20)13-16-3-2-10-27-16/h11-12,16H,2-10,13-14H2,1H3/t16-/m0/s1. The molecular formula is C20H28ClN3O3. The summed E-state index contributed by atoms with van der Waals surface area (Å²) in [4.78, 5) is 29.2. The summed E-state index contributed by atoms with van der Waals surface area (Å²) < 4.78 is 7.52. The van der Waals surface area contributed by atoms with Crippen molar-refractivity contribution < 1.29 is 14.3 Å². The lowest BCUT2D eigenvalue weighted by Crippen LogP contribution is -2.53. The fourth-order valence-electron chi connectivity index (χ4n) is 4.79. The van der Waals surface area contributed by atoms with E-state index in [-0.39, 0.29) is 23.3 Å². The SMILES string of the molecule is Cn1cc(Cl)cc1C(=O)N1CCC2(CCC(=O)N(C[C@@H]3CCCO3)C2)CC1. The minimum absolute atomic E-state index is 0.0438. The molecule has 0 aliphatic carbocycles. The zero-order valence-electron chi connectivity index (χ0n) is 16.0. The average molecular weight is 394 g/mol. The van der Waals surface area contributed by atoms with Crippen LogP contribution in [0.1, 0.15) is 49.0 Å². The normalized spacial score (nSPS) is 25.4. The molecule has 0 bridgehead atoms. The lowest BCUT2D eigenvalue weighted by Gasteiger charge is -2.47. The molecule has 0 unspecified atom stereocenters. The van der Waals surface area contributed by atoms with Gasteiger partial charge in [-0.2, -0.15) is 0 Å². The molecule has 4 heterocycles. The largest absolute Gasteiger partial charge is 0.376 e. The maximum Gasteiger partial charge on any atom is 0.270 e. The van der Waals surface area contributed by atoms with Crippen molar-refractivity contribution in [2.75, 3.05) is 32.8 Å². The number of hydrogen-bond acceptors (Lipinski definition) is 3. The minimum atomic E-state index is 0.0438. The van der Waals surface area contributed by atoms with Crippen LogP contribution in [-0.4, -0.2) is 65.1 Å². The van der Waals surface area contributed by atoms with Crippen LogP contribution in [0.25, 0.3) is 0 Å². The van der Waals surface area contributed by atoms with E-state index in [0.717, 1.165) is 64.9 Å². The van der Waals surface area contributed by atoms with Gasteiger partial charge >= 0.3 is 0 Å². The molecule has 27 heavy (non-hydrogen) atoms. The van der Waals surface area contributed by atoms with Crippen molar-refractivity contribution >= 4 is 23.4 Å². The Hall–Kier alpha value is -1.53. The first-order valence-corrected chi connectivity index (χ1v) is 10.3. The quantitative estimate of drug-likeness (QED) is 0.793. The number of amides is 2. The van der Waals surface area contributed by atoms with Gasteiger partial charge in [-0.1, -0.05) is 11.6 Å². The van der Waals surface area contributed by atoms with Crippen LogP contribution in [-0.2, 0) is 16.6 Å². The van der Waals surface area contributed by atoms with Gasteiger partial charge in [-0.05, 0) is 43.6 Å². The Morgan fingerprint density at radius 3 is 2.74 bits per heavy atom. The molecule has 1 atom stereocenters. The van der Waals surface area contributed by atoms with Gasteiger partial charge in [0.15, 0.2) is 0 Å². The maximum atomic E-state index is 12.8. The summed E-state index contributed by atoms with van der Waals surface area (Å²) >= 11 is 6.03. The number of ether oxygens (including phenoxy) is 1. The molecule has 6 nitrogen and oxygen atoms in total. The van der Waals surface area contributed by atoms with Gasteiger partial charge in [-0.15, -0.1) is 0 Å². The zero-order chi connectivity index (χ0) is 19.0. The number of carbonyl (C=O) groups excluding carboxylic acids is 2. The van der Waals surface area contributed by atoms with Gasteiger partial charge in [-0.25, -0.2) is 0 Å². The Kier molecular flexibility index (Phi) is 5.21. The molecule has 7 heteroatoms. The average Bonchev–Trinajstić information content (AvgIpc) is 3.28. The first-order valence-electron chi connectivity index (χ1n) is 9.96. The monoisotopic (exact) mass is 393 g/mol. The molecule has 3 aliphatic rings. The molecule has 2 amide bonds. The van der Waals surface area contributed by atoms with Crippen LogP contribution in [0.2, 0.25) is 5.02 Å². The molecule has 0 N–H and O–H groups in total. The van der Waals surface area contributed by atoms with Crippen LogP contribution in [0.3, 0.4) is 0 Å². The van der Waals surface area contributed by atoms with Crippen LogP contribution in [0.4, 0.5) is 0 Å². The van der Waals surface area contributed by atoms with E-state index in [1.807, 2.05) is 16.8 Å². The number of aryl methyl sites for hydroxylation is 1. The van der Waals surface area contributed by atoms with Crippen LogP contribution in [0.5, 0.6) is 0 Å². The molecule has 148 valence electrons. The summed E-state index contributed by atoms with van der Waals surface area (Å²) in [6, 6.07) is 1.73. The summed E-state index contributed by atoms with van der Waals surface area (Å²) in [6.45, 7) is 3.83. The molecule has 1 aromatic heterocycles.